The summed E-state index contributed by atoms with van der Waals surface area (Å²) in [7, 11) is 0. The maximum absolute atomic E-state index is 13.2. The van der Waals surface area contributed by atoms with Gasteiger partial charge in [-0.2, -0.15) is 0 Å². The highest BCUT2D eigenvalue weighted by Crippen LogP contribution is 2.42. The minimum absolute atomic E-state index is 0.0914. The minimum atomic E-state index is -0.0914. The number of benzene rings is 1. The summed E-state index contributed by atoms with van der Waals surface area (Å²) in [5.41, 5.74) is 2.08. The molecule has 0 radical (unpaired) electrons. The molecule has 0 amide bonds. The van der Waals surface area contributed by atoms with Gasteiger partial charge in [0, 0.05) is 0 Å². The van der Waals surface area contributed by atoms with Crippen LogP contribution in [0, 0.1) is 18.7 Å². The normalized spacial score (nSPS) is 24.2. The summed E-state index contributed by atoms with van der Waals surface area (Å²) in [6, 6.07) is 5.57. The maximum Gasteiger partial charge on any atom is 0.126 e. The first-order valence-electron chi connectivity index (χ1n) is 6.19. The predicted molar refractivity (Wildman–Crippen MR) is 65.1 cm³/mol. The van der Waals surface area contributed by atoms with Crippen LogP contribution in [-0.2, 0) is 0 Å². The average Bonchev–Trinajstić information content (AvgIpc) is 2.22. The second-order valence-electron chi connectivity index (χ2n) is 4.76. The van der Waals surface area contributed by atoms with Crippen molar-refractivity contribution in [2.24, 2.45) is 5.92 Å². The number of aryl methyl sites for hydroxylation is 1. The second-order valence-corrected chi connectivity index (χ2v) is 4.76. The molecule has 1 fully saturated rings. The first-order chi connectivity index (χ1) is 7.72. The molecule has 1 aliphatic rings. The lowest BCUT2D eigenvalue weighted by atomic mass is 9.70. The van der Waals surface area contributed by atoms with E-state index in [-0.39, 0.29) is 5.82 Å². The summed E-state index contributed by atoms with van der Waals surface area (Å²) >= 11 is 0. The summed E-state index contributed by atoms with van der Waals surface area (Å²) in [6.07, 6.45) is 2.55. The maximum atomic E-state index is 13.2. The van der Waals surface area contributed by atoms with Crippen LogP contribution in [-0.4, -0.2) is 13.1 Å². The standard InChI is InChI=1S/C14H20FN/c1-3-16-9-12-4-6-13(12)11-5-7-14(15)10(2)8-11/h5,7-8,12-13,16H,3-4,6,9H2,1-2H3. The van der Waals surface area contributed by atoms with Crippen LogP contribution in [0.3, 0.4) is 0 Å². The highest BCUT2D eigenvalue weighted by atomic mass is 19.1. The van der Waals surface area contributed by atoms with Crippen LogP contribution in [0.15, 0.2) is 18.2 Å². The zero-order valence-corrected chi connectivity index (χ0v) is 10.1. The minimum Gasteiger partial charge on any atom is -0.317 e. The Hall–Kier alpha value is -0.890. The van der Waals surface area contributed by atoms with Crippen molar-refractivity contribution in [3.63, 3.8) is 0 Å². The Kier molecular flexibility index (Phi) is 3.59. The van der Waals surface area contributed by atoms with Crippen molar-refractivity contribution in [2.75, 3.05) is 13.1 Å². The fourth-order valence-electron chi connectivity index (χ4n) is 2.48. The zero-order valence-electron chi connectivity index (χ0n) is 10.1. The average molecular weight is 221 g/mol. The lowest BCUT2D eigenvalue weighted by Crippen LogP contribution is -2.33. The van der Waals surface area contributed by atoms with E-state index in [4.69, 9.17) is 0 Å². The van der Waals surface area contributed by atoms with Crippen molar-refractivity contribution in [2.45, 2.75) is 32.6 Å². The molecule has 1 aromatic carbocycles. The van der Waals surface area contributed by atoms with E-state index in [0.29, 0.717) is 5.92 Å². The van der Waals surface area contributed by atoms with Crippen molar-refractivity contribution in [3.8, 4) is 0 Å². The molecule has 1 saturated carbocycles. The molecule has 1 aromatic rings. The summed E-state index contributed by atoms with van der Waals surface area (Å²) in [5.74, 6) is 1.29. The van der Waals surface area contributed by atoms with E-state index in [9.17, 15) is 4.39 Å². The van der Waals surface area contributed by atoms with E-state index in [2.05, 4.69) is 12.2 Å². The van der Waals surface area contributed by atoms with Gasteiger partial charge in [-0.15, -0.1) is 0 Å². The first kappa shape index (κ1) is 11.6. The van der Waals surface area contributed by atoms with E-state index >= 15 is 0 Å². The van der Waals surface area contributed by atoms with Gasteiger partial charge in [-0.3, -0.25) is 0 Å². The summed E-state index contributed by atoms with van der Waals surface area (Å²) < 4.78 is 13.2. The van der Waals surface area contributed by atoms with Crippen LogP contribution in [0.1, 0.15) is 36.8 Å². The van der Waals surface area contributed by atoms with Crippen molar-refractivity contribution in [1.29, 1.82) is 0 Å². The molecule has 1 nitrogen and oxygen atoms in total. The predicted octanol–water partition coefficient (Wildman–Crippen LogP) is 3.24. The number of hydrogen-bond donors (Lipinski definition) is 1. The summed E-state index contributed by atoms with van der Waals surface area (Å²) in [5, 5.41) is 3.40. The van der Waals surface area contributed by atoms with Crippen LogP contribution in [0.25, 0.3) is 0 Å². The van der Waals surface area contributed by atoms with Gasteiger partial charge in [0.25, 0.3) is 0 Å². The van der Waals surface area contributed by atoms with Gasteiger partial charge in [-0.05, 0) is 61.9 Å². The van der Waals surface area contributed by atoms with E-state index < -0.39 is 0 Å². The van der Waals surface area contributed by atoms with Crippen molar-refractivity contribution < 1.29 is 4.39 Å². The lowest BCUT2D eigenvalue weighted by molar-refractivity contribution is 0.247. The van der Waals surface area contributed by atoms with Crippen LogP contribution in [0.2, 0.25) is 0 Å². The third-order valence-corrected chi connectivity index (χ3v) is 3.68. The molecular weight excluding hydrogens is 201 g/mol. The first-order valence-corrected chi connectivity index (χ1v) is 6.19. The molecule has 0 aromatic heterocycles. The molecule has 1 N–H and O–H groups in total. The zero-order chi connectivity index (χ0) is 11.5. The fraction of sp³-hybridized carbons (Fsp3) is 0.571. The Balaban J connectivity index is 2.04. The monoisotopic (exact) mass is 221 g/mol. The fourth-order valence-corrected chi connectivity index (χ4v) is 2.48. The molecule has 2 atom stereocenters. The highest BCUT2D eigenvalue weighted by Gasteiger charge is 2.31. The Labute approximate surface area is 97.1 Å². The molecule has 2 heteroatoms. The molecule has 2 unspecified atom stereocenters. The third kappa shape index (κ3) is 2.27. The van der Waals surface area contributed by atoms with Gasteiger partial charge in [-0.25, -0.2) is 4.39 Å². The number of hydrogen-bond acceptors (Lipinski definition) is 1. The third-order valence-electron chi connectivity index (χ3n) is 3.68. The van der Waals surface area contributed by atoms with Gasteiger partial charge in [0.15, 0.2) is 0 Å². The van der Waals surface area contributed by atoms with Crippen molar-refractivity contribution in [1.82, 2.24) is 5.32 Å². The molecule has 2 rings (SSSR count). The molecule has 16 heavy (non-hydrogen) atoms. The van der Waals surface area contributed by atoms with Gasteiger partial charge < -0.3 is 5.32 Å². The summed E-state index contributed by atoms with van der Waals surface area (Å²) in [4.78, 5) is 0. The molecular formula is C14H20FN. The molecule has 0 saturated heterocycles. The van der Waals surface area contributed by atoms with Crippen molar-refractivity contribution >= 4 is 0 Å². The number of rotatable bonds is 4. The Bertz CT molecular complexity index is 362. The van der Waals surface area contributed by atoms with Gasteiger partial charge in [-0.1, -0.05) is 19.1 Å². The van der Waals surface area contributed by atoms with Gasteiger partial charge in [0.2, 0.25) is 0 Å². The van der Waals surface area contributed by atoms with E-state index in [1.54, 1.807) is 6.07 Å². The van der Waals surface area contributed by atoms with Crippen LogP contribution in [0.4, 0.5) is 4.39 Å². The van der Waals surface area contributed by atoms with Gasteiger partial charge in [0.05, 0.1) is 0 Å². The van der Waals surface area contributed by atoms with Gasteiger partial charge in [0.1, 0.15) is 5.82 Å². The molecule has 0 bridgehead atoms. The van der Waals surface area contributed by atoms with E-state index in [1.165, 1.54) is 18.4 Å². The quantitative estimate of drug-likeness (QED) is 0.823. The smallest absolute Gasteiger partial charge is 0.126 e. The SMILES string of the molecule is CCNCC1CCC1c1ccc(F)c(C)c1. The van der Waals surface area contributed by atoms with Crippen molar-refractivity contribution in [3.05, 3.63) is 35.1 Å². The molecule has 0 spiro atoms. The topological polar surface area (TPSA) is 12.0 Å². The van der Waals surface area contributed by atoms with E-state index in [1.807, 2.05) is 19.1 Å². The van der Waals surface area contributed by atoms with Crippen LogP contribution >= 0.6 is 0 Å². The molecule has 1 aliphatic carbocycles. The molecule has 88 valence electrons. The van der Waals surface area contributed by atoms with E-state index in [0.717, 1.165) is 24.6 Å². The number of halogens is 1. The summed E-state index contributed by atoms with van der Waals surface area (Å²) in [6.45, 7) is 6.11. The molecule has 0 aliphatic heterocycles. The van der Waals surface area contributed by atoms with Crippen LogP contribution < -0.4 is 5.32 Å². The lowest BCUT2D eigenvalue weighted by Gasteiger charge is -2.37. The van der Waals surface area contributed by atoms with Gasteiger partial charge >= 0.3 is 0 Å². The Morgan fingerprint density at radius 2 is 2.19 bits per heavy atom. The Morgan fingerprint density at radius 1 is 1.38 bits per heavy atom. The molecule has 0 heterocycles. The number of nitrogens with one attached hydrogen (secondary N) is 1. The largest absolute Gasteiger partial charge is 0.317 e. The Morgan fingerprint density at radius 3 is 2.75 bits per heavy atom. The highest BCUT2D eigenvalue weighted by molar-refractivity contribution is 5.28. The second kappa shape index (κ2) is 4.96. The van der Waals surface area contributed by atoms with Crippen LogP contribution in [0.5, 0.6) is 0 Å².